The molecule has 1 saturated carbocycles. The molecule has 2 rings (SSSR count). The van der Waals surface area contributed by atoms with Crippen LogP contribution in [-0.2, 0) is 12.1 Å². The zero-order chi connectivity index (χ0) is 13.9. The van der Waals surface area contributed by atoms with Crippen molar-refractivity contribution in [2.45, 2.75) is 77.9 Å². The number of aromatic nitrogens is 3. The zero-order valence-corrected chi connectivity index (χ0v) is 12.8. The van der Waals surface area contributed by atoms with Gasteiger partial charge in [0.05, 0.1) is 17.4 Å². The van der Waals surface area contributed by atoms with Crippen LogP contribution in [0.25, 0.3) is 0 Å². The highest BCUT2D eigenvalue weighted by Gasteiger charge is 2.21. The van der Waals surface area contributed by atoms with Crippen molar-refractivity contribution in [1.29, 1.82) is 0 Å². The Labute approximate surface area is 117 Å². The summed E-state index contributed by atoms with van der Waals surface area (Å²) < 4.78 is 1.94. The van der Waals surface area contributed by atoms with E-state index in [1.165, 1.54) is 32.1 Å². The van der Waals surface area contributed by atoms with Crippen molar-refractivity contribution in [3.05, 3.63) is 11.9 Å². The van der Waals surface area contributed by atoms with Crippen molar-refractivity contribution in [1.82, 2.24) is 20.3 Å². The Morgan fingerprint density at radius 3 is 2.79 bits per heavy atom. The number of hydrogen-bond acceptors (Lipinski definition) is 3. The lowest BCUT2D eigenvalue weighted by atomic mass is 9.84. The summed E-state index contributed by atoms with van der Waals surface area (Å²) in [6.07, 6.45) is 8.79. The van der Waals surface area contributed by atoms with Crippen LogP contribution in [0.2, 0.25) is 0 Å². The Morgan fingerprint density at radius 1 is 1.37 bits per heavy atom. The van der Waals surface area contributed by atoms with E-state index < -0.39 is 0 Å². The molecule has 1 aliphatic carbocycles. The molecule has 19 heavy (non-hydrogen) atoms. The Balaban J connectivity index is 1.83. The minimum absolute atomic E-state index is 0.0173. The molecule has 0 bridgehead atoms. The lowest BCUT2D eigenvalue weighted by Crippen LogP contribution is -2.33. The fourth-order valence-electron chi connectivity index (χ4n) is 2.80. The molecule has 0 saturated heterocycles. The summed E-state index contributed by atoms with van der Waals surface area (Å²) in [4.78, 5) is 0. The molecule has 2 atom stereocenters. The molecule has 4 heteroatoms. The number of hydrogen-bond donors (Lipinski definition) is 1. The van der Waals surface area contributed by atoms with Crippen LogP contribution in [0.5, 0.6) is 0 Å². The van der Waals surface area contributed by atoms with E-state index in [1.54, 1.807) is 0 Å². The van der Waals surface area contributed by atoms with E-state index in [2.05, 4.69) is 49.5 Å². The first-order valence-corrected chi connectivity index (χ1v) is 7.64. The van der Waals surface area contributed by atoms with E-state index in [-0.39, 0.29) is 5.54 Å². The van der Waals surface area contributed by atoms with Gasteiger partial charge < -0.3 is 5.32 Å². The molecule has 108 valence electrons. The van der Waals surface area contributed by atoms with E-state index >= 15 is 0 Å². The molecule has 1 heterocycles. The molecule has 1 aliphatic rings. The molecule has 1 aromatic rings. The van der Waals surface area contributed by atoms with Crippen molar-refractivity contribution in [3.63, 3.8) is 0 Å². The van der Waals surface area contributed by atoms with Gasteiger partial charge in [0.1, 0.15) is 0 Å². The molecule has 1 aromatic heterocycles. The van der Waals surface area contributed by atoms with Gasteiger partial charge in [0, 0.05) is 12.6 Å². The highest BCUT2D eigenvalue weighted by atomic mass is 15.4. The summed E-state index contributed by atoms with van der Waals surface area (Å²) >= 11 is 0. The third kappa shape index (κ3) is 4.03. The predicted octanol–water partition coefficient (Wildman–Crippen LogP) is 3.09. The van der Waals surface area contributed by atoms with Crippen LogP contribution in [0.15, 0.2) is 6.20 Å². The van der Waals surface area contributed by atoms with Crippen LogP contribution in [0.1, 0.15) is 65.5 Å². The second-order valence-electron chi connectivity index (χ2n) is 6.84. The van der Waals surface area contributed by atoms with Gasteiger partial charge in [-0.15, -0.1) is 5.10 Å². The van der Waals surface area contributed by atoms with Crippen LogP contribution in [0, 0.1) is 5.92 Å². The maximum atomic E-state index is 4.26. The van der Waals surface area contributed by atoms with Gasteiger partial charge in [-0.3, -0.25) is 0 Å². The van der Waals surface area contributed by atoms with Gasteiger partial charge in [-0.2, -0.15) is 0 Å². The Bertz CT molecular complexity index is 391. The zero-order valence-electron chi connectivity index (χ0n) is 12.8. The molecule has 1 N–H and O–H groups in total. The predicted molar refractivity (Wildman–Crippen MR) is 77.9 cm³/mol. The van der Waals surface area contributed by atoms with Gasteiger partial charge in [-0.05, 0) is 39.5 Å². The van der Waals surface area contributed by atoms with E-state index in [9.17, 15) is 0 Å². The first-order chi connectivity index (χ1) is 8.99. The number of nitrogens with one attached hydrogen (secondary N) is 1. The number of rotatable bonds is 4. The molecule has 0 aromatic carbocycles. The average molecular weight is 264 g/mol. The third-order valence-corrected chi connectivity index (χ3v) is 4.16. The SMILES string of the molecule is CCC1CCCC(NCc2cn(C(C)(C)C)nn2)C1. The van der Waals surface area contributed by atoms with Crippen LogP contribution in [0.3, 0.4) is 0 Å². The van der Waals surface area contributed by atoms with Crippen molar-refractivity contribution < 1.29 is 0 Å². The molecule has 4 nitrogen and oxygen atoms in total. The molecule has 0 spiro atoms. The Morgan fingerprint density at radius 2 is 2.16 bits per heavy atom. The van der Waals surface area contributed by atoms with Crippen molar-refractivity contribution in [3.8, 4) is 0 Å². The van der Waals surface area contributed by atoms with Crippen LogP contribution >= 0.6 is 0 Å². The molecular weight excluding hydrogens is 236 g/mol. The molecular formula is C15H28N4. The van der Waals surface area contributed by atoms with Gasteiger partial charge in [0.25, 0.3) is 0 Å². The molecule has 0 radical (unpaired) electrons. The Kier molecular flexibility index (Phi) is 4.61. The molecule has 1 fully saturated rings. The second kappa shape index (κ2) is 6.04. The monoisotopic (exact) mass is 264 g/mol. The van der Waals surface area contributed by atoms with Gasteiger partial charge >= 0.3 is 0 Å². The smallest absolute Gasteiger partial charge is 0.0965 e. The topological polar surface area (TPSA) is 42.7 Å². The van der Waals surface area contributed by atoms with Crippen molar-refractivity contribution >= 4 is 0 Å². The van der Waals surface area contributed by atoms with Crippen LogP contribution in [-0.4, -0.2) is 21.0 Å². The fourth-order valence-corrected chi connectivity index (χ4v) is 2.80. The minimum atomic E-state index is 0.0173. The fraction of sp³-hybridized carbons (Fsp3) is 0.867. The quantitative estimate of drug-likeness (QED) is 0.908. The summed E-state index contributed by atoms with van der Waals surface area (Å²) in [5, 5.41) is 12.1. The van der Waals surface area contributed by atoms with E-state index in [0.29, 0.717) is 6.04 Å². The van der Waals surface area contributed by atoms with Gasteiger partial charge in [-0.1, -0.05) is 31.4 Å². The summed E-state index contributed by atoms with van der Waals surface area (Å²) in [7, 11) is 0. The Hall–Kier alpha value is -0.900. The largest absolute Gasteiger partial charge is 0.308 e. The summed E-state index contributed by atoms with van der Waals surface area (Å²) in [6.45, 7) is 9.59. The second-order valence-corrected chi connectivity index (χ2v) is 6.84. The van der Waals surface area contributed by atoms with Gasteiger partial charge in [-0.25, -0.2) is 4.68 Å². The first kappa shape index (κ1) is 14.5. The maximum Gasteiger partial charge on any atom is 0.0965 e. The highest BCUT2D eigenvalue weighted by molar-refractivity contribution is 4.95. The van der Waals surface area contributed by atoms with Crippen LogP contribution in [0.4, 0.5) is 0 Å². The lowest BCUT2D eigenvalue weighted by Gasteiger charge is -2.29. The highest BCUT2D eigenvalue weighted by Crippen LogP contribution is 2.26. The summed E-state index contributed by atoms with van der Waals surface area (Å²) in [5.74, 6) is 0.913. The third-order valence-electron chi connectivity index (χ3n) is 4.16. The molecule has 0 aliphatic heterocycles. The molecule has 0 amide bonds. The van der Waals surface area contributed by atoms with Gasteiger partial charge in [0.2, 0.25) is 0 Å². The van der Waals surface area contributed by atoms with Crippen LogP contribution < -0.4 is 5.32 Å². The molecule has 2 unspecified atom stereocenters. The summed E-state index contributed by atoms with van der Waals surface area (Å²) in [6, 6.07) is 0.665. The van der Waals surface area contributed by atoms with Crippen molar-refractivity contribution in [2.75, 3.05) is 0 Å². The maximum absolute atomic E-state index is 4.26. The van der Waals surface area contributed by atoms with Gasteiger partial charge in [0.15, 0.2) is 0 Å². The van der Waals surface area contributed by atoms with E-state index in [1.807, 2.05) is 4.68 Å². The standard InChI is InChI=1S/C15H28N4/c1-5-12-7-6-8-13(9-12)16-10-14-11-19(18-17-14)15(2,3)4/h11-13,16H,5-10H2,1-4H3. The van der Waals surface area contributed by atoms with E-state index in [4.69, 9.17) is 0 Å². The lowest BCUT2D eigenvalue weighted by molar-refractivity contribution is 0.278. The average Bonchev–Trinajstić information content (AvgIpc) is 2.85. The number of nitrogens with zero attached hydrogens (tertiary/aromatic N) is 3. The van der Waals surface area contributed by atoms with Crippen molar-refractivity contribution in [2.24, 2.45) is 5.92 Å². The van der Waals surface area contributed by atoms with E-state index in [0.717, 1.165) is 18.2 Å². The minimum Gasteiger partial charge on any atom is -0.308 e. The first-order valence-electron chi connectivity index (χ1n) is 7.64. The normalized spacial score (nSPS) is 24.6. The summed E-state index contributed by atoms with van der Waals surface area (Å²) in [5.41, 5.74) is 1.07.